The van der Waals surface area contributed by atoms with E-state index in [2.05, 4.69) is 40.2 Å². The number of nitrogens with one attached hydrogen (secondary N) is 1. The molecule has 0 radical (unpaired) electrons. The SMILES string of the molecule is C#CCN[C@H](C)c1ccccc1Br. The molecule has 0 aliphatic carbocycles. The summed E-state index contributed by atoms with van der Waals surface area (Å²) in [6.45, 7) is 2.69. The van der Waals surface area contributed by atoms with Crippen molar-refractivity contribution in [1.82, 2.24) is 5.32 Å². The first-order valence-electron chi connectivity index (χ1n) is 4.17. The van der Waals surface area contributed by atoms with Crippen LogP contribution < -0.4 is 5.32 Å². The normalized spacial score (nSPS) is 12.1. The average Bonchev–Trinajstić information content (AvgIpc) is 2.15. The van der Waals surface area contributed by atoms with Crippen molar-refractivity contribution < 1.29 is 0 Å². The molecule has 1 aromatic rings. The standard InChI is InChI=1S/C11H12BrN/c1-3-8-13-9(2)10-6-4-5-7-11(10)12/h1,4-7,9,13H,8H2,2H3/t9-/m1/s1. The van der Waals surface area contributed by atoms with Crippen molar-refractivity contribution in [2.45, 2.75) is 13.0 Å². The predicted octanol–water partition coefficient (Wildman–Crippen LogP) is 2.73. The van der Waals surface area contributed by atoms with Crippen LogP contribution in [-0.2, 0) is 0 Å². The molecule has 13 heavy (non-hydrogen) atoms. The van der Waals surface area contributed by atoms with E-state index >= 15 is 0 Å². The monoisotopic (exact) mass is 237 g/mol. The van der Waals surface area contributed by atoms with Gasteiger partial charge in [-0.05, 0) is 18.6 Å². The highest BCUT2D eigenvalue weighted by atomic mass is 79.9. The van der Waals surface area contributed by atoms with E-state index in [4.69, 9.17) is 6.42 Å². The van der Waals surface area contributed by atoms with E-state index in [1.807, 2.05) is 18.2 Å². The molecule has 0 aliphatic rings. The molecule has 1 N–H and O–H groups in total. The highest BCUT2D eigenvalue weighted by molar-refractivity contribution is 9.10. The minimum absolute atomic E-state index is 0.284. The molecule has 0 unspecified atom stereocenters. The van der Waals surface area contributed by atoms with Crippen LogP contribution in [0.4, 0.5) is 0 Å². The third-order valence-electron chi connectivity index (χ3n) is 1.88. The Balaban J connectivity index is 2.72. The first-order chi connectivity index (χ1) is 6.25. The number of benzene rings is 1. The van der Waals surface area contributed by atoms with E-state index in [9.17, 15) is 0 Å². The van der Waals surface area contributed by atoms with E-state index in [0.717, 1.165) is 4.47 Å². The maximum absolute atomic E-state index is 5.17. The molecule has 1 nitrogen and oxygen atoms in total. The zero-order valence-corrected chi connectivity index (χ0v) is 9.14. The lowest BCUT2D eigenvalue weighted by molar-refractivity contribution is 0.621. The Kier molecular flexibility index (Phi) is 4.01. The maximum atomic E-state index is 5.17. The first-order valence-corrected chi connectivity index (χ1v) is 4.96. The molecule has 0 aromatic heterocycles. The van der Waals surface area contributed by atoms with Gasteiger partial charge in [0.05, 0.1) is 6.54 Å². The molecule has 1 aromatic carbocycles. The van der Waals surface area contributed by atoms with Gasteiger partial charge in [0.25, 0.3) is 0 Å². The van der Waals surface area contributed by atoms with Gasteiger partial charge in [-0.25, -0.2) is 0 Å². The number of rotatable bonds is 3. The molecule has 1 rings (SSSR count). The topological polar surface area (TPSA) is 12.0 Å². The van der Waals surface area contributed by atoms with Crippen LogP contribution in [0.2, 0.25) is 0 Å². The predicted molar refractivity (Wildman–Crippen MR) is 59.4 cm³/mol. The van der Waals surface area contributed by atoms with Gasteiger partial charge in [0.1, 0.15) is 0 Å². The fraction of sp³-hybridized carbons (Fsp3) is 0.273. The second-order valence-electron chi connectivity index (χ2n) is 2.83. The van der Waals surface area contributed by atoms with E-state index in [1.54, 1.807) is 0 Å². The summed E-state index contributed by atoms with van der Waals surface area (Å²) in [5.74, 6) is 2.56. The van der Waals surface area contributed by atoms with E-state index in [1.165, 1.54) is 5.56 Å². The van der Waals surface area contributed by atoms with E-state index < -0.39 is 0 Å². The molecule has 68 valence electrons. The average molecular weight is 238 g/mol. The highest BCUT2D eigenvalue weighted by Gasteiger charge is 2.06. The fourth-order valence-electron chi connectivity index (χ4n) is 1.15. The minimum Gasteiger partial charge on any atom is -0.300 e. The third-order valence-corrected chi connectivity index (χ3v) is 2.60. The Morgan fingerprint density at radius 3 is 2.85 bits per heavy atom. The minimum atomic E-state index is 0.284. The van der Waals surface area contributed by atoms with E-state index in [-0.39, 0.29) is 6.04 Å². The van der Waals surface area contributed by atoms with Crippen LogP contribution >= 0.6 is 15.9 Å². The van der Waals surface area contributed by atoms with Gasteiger partial charge >= 0.3 is 0 Å². The summed E-state index contributed by atoms with van der Waals surface area (Å²) >= 11 is 3.50. The smallest absolute Gasteiger partial charge is 0.0578 e. The summed E-state index contributed by atoms with van der Waals surface area (Å²) in [6.07, 6.45) is 5.17. The lowest BCUT2D eigenvalue weighted by atomic mass is 10.1. The van der Waals surface area contributed by atoms with E-state index in [0.29, 0.717) is 6.54 Å². The number of halogens is 1. The fourth-order valence-corrected chi connectivity index (χ4v) is 1.78. The quantitative estimate of drug-likeness (QED) is 0.798. The number of hydrogen-bond donors (Lipinski definition) is 1. The van der Waals surface area contributed by atoms with Crippen LogP contribution in [0, 0.1) is 12.3 Å². The van der Waals surface area contributed by atoms with Crippen molar-refractivity contribution in [3.8, 4) is 12.3 Å². The summed E-state index contributed by atoms with van der Waals surface area (Å²) in [7, 11) is 0. The summed E-state index contributed by atoms with van der Waals surface area (Å²) in [5, 5.41) is 3.22. The summed E-state index contributed by atoms with van der Waals surface area (Å²) in [5.41, 5.74) is 1.23. The van der Waals surface area contributed by atoms with Gasteiger partial charge in [0, 0.05) is 10.5 Å². The van der Waals surface area contributed by atoms with Crippen molar-refractivity contribution >= 4 is 15.9 Å². The summed E-state index contributed by atoms with van der Waals surface area (Å²) < 4.78 is 1.12. The Bertz CT molecular complexity index is 314. The Morgan fingerprint density at radius 1 is 1.54 bits per heavy atom. The lowest BCUT2D eigenvalue weighted by Crippen LogP contribution is -2.18. The van der Waals surface area contributed by atoms with Crippen LogP contribution in [-0.4, -0.2) is 6.54 Å². The molecule has 0 bridgehead atoms. The van der Waals surface area contributed by atoms with Crippen molar-refractivity contribution in [3.63, 3.8) is 0 Å². The summed E-state index contributed by atoms with van der Waals surface area (Å²) in [6, 6.07) is 8.42. The molecule has 0 saturated heterocycles. The largest absolute Gasteiger partial charge is 0.300 e. The molecule has 0 saturated carbocycles. The second kappa shape index (κ2) is 5.06. The maximum Gasteiger partial charge on any atom is 0.0578 e. The van der Waals surface area contributed by atoms with Gasteiger partial charge < -0.3 is 0 Å². The number of terminal acetylenes is 1. The van der Waals surface area contributed by atoms with Crippen molar-refractivity contribution in [2.24, 2.45) is 0 Å². The van der Waals surface area contributed by atoms with Gasteiger partial charge in [-0.1, -0.05) is 40.0 Å². The van der Waals surface area contributed by atoms with Crippen molar-refractivity contribution in [1.29, 1.82) is 0 Å². The summed E-state index contributed by atoms with van der Waals surface area (Å²) in [4.78, 5) is 0. The van der Waals surface area contributed by atoms with Gasteiger partial charge in [-0.2, -0.15) is 0 Å². The zero-order chi connectivity index (χ0) is 9.68. The molecule has 0 heterocycles. The molecule has 0 fully saturated rings. The molecule has 1 atom stereocenters. The number of hydrogen-bond acceptors (Lipinski definition) is 1. The molecular formula is C11H12BrN. The van der Waals surface area contributed by atoms with Crippen molar-refractivity contribution in [2.75, 3.05) is 6.54 Å². The lowest BCUT2D eigenvalue weighted by Gasteiger charge is -2.13. The second-order valence-corrected chi connectivity index (χ2v) is 3.68. The van der Waals surface area contributed by atoms with Crippen molar-refractivity contribution in [3.05, 3.63) is 34.3 Å². The Hall–Kier alpha value is -0.780. The Labute approximate surface area is 87.7 Å². The molecular weight excluding hydrogens is 226 g/mol. The third kappa shape index (κ3) is 2.87. The van der Waals surface area contributed by atoms with Gasteiger partial charge in [0.2, 0.25) is 0 Å². The zero-order valence-electron chi connectivity index (χ0n) is 7.55. The van der Waals surface area contributed by atoms with Gasteiger partial charge in [-0.3, -0.25) is 5.32 Å². The Morgan fingerprint density at radius 2 is 2.23 bits per heavy atom. The molecule has 2 heteroatoms. The van der Waals surface area contributed by atoms with Crippen LogP contribution in [0.1, 0.15) is 18.5 Å². The van der Waals surface area contributed by atoms with Crippen LogP contribution in [0.3, 0.4) is 0 Å². The van der Waals surface area contributed by atoms with Crippen LogP contribution in [0.15, 0.2) is 28.7 Å². The van der Waals surface area contributed by atoms with Crippen LogP contribution in [0.5, 0.6) is 0 Å². The molecule has 0 amide bonds. The first kappa shape index (κ1) is 10.3. The molecule has 0 aliphatic heterocycles. The highest BCUT2D eigenvalue weighted by Crippen LogP contribution is 2.22. The van der Waals surface area contributed by atoms with Gasteiger partial charge in [0.15, 0.2) is 0 Å². The van der Waals surface area contributed by atoms with Crippen LogP contribution in [0.25, 0.3) is 0 Å². The van der Waals surface area contributed by atoms with Gasteiger partial charge in [-0.15, -0.1) is 6.42 Å². The molecule has 0 spiro atoms.